The van der Waals surface area contributed by atoms with Crippen molar-refractivity contribution in [1.29, 1.82) is 0 Å². The van der Waals surface area contributed by atoms with Gasteiger partial charge in [0.2, 0.25) is 5.91 Å². The van der Waals surface area contributed by atoms with Gasteiger partial charge in [0.15, 0.2) is 6.61 Å². The minimum atomic E-state index is -0.581. The molecule has 0 spiro atoms. The molecule has 3 rings (SSSR count). The van der Waals surface area contributed by atoms with Crippen molar-refractivity contribution in [2.24, 2.45) is 0 Å². The highest BCUT2D eigenvalue weighted by molar-refractivity contribution is 6.05. The third kappa shape index (κ3) is 3.20. The van der Waals surface area contributed by atoms with E-state index in [2.05, 4.69) is 15.5 Å². The molecule has 2 N–H and O–H groups in total. The summed E-state index contributed by atoms with van der Waals surface area (Å²) in [5.41, 5.74) is 1.85. The Kier molecular flexibility index (Phi) is 4.69. The van der Waals surface area contributed by atoms with Crippen molar-refractivity contribution in [3.05, 3.63) is 23.8 Å². The fraction of sp³-hybridized carbons (Fsp3) is 0.471. The summed E-state index contributed by atoms with van der Waals surface area (Å²) >= 11 is 0. The lowest BCUT2D eigenvalue weighted by Crippen LogP contribution is -2.43. The molecule has 1 saturated heterocycles. The summed E-state index contributed by atoms with van der Waals surface area (Å²) in [6.07, 6.45) is 2.65. The van der Waals surface area contributed by atoms with E-state index in [4.69, 9.17) is 4.74 Å². The second kappa shape index (κ2) is 6.90. The van der Waals surface area contributed by atoms with Gasteiger partial charge in [0.25, 0.3) is 5.91 Å². The number of amides is 2. The fourth-order valence-corrected chi connectivity index (χ4v) is 3.09. The zero-order valence-electron chi connectivity index (χ0n) is 13.6. The third-order valence-electron chi connectivity index (χ3n) is 4.26. The first-order chi connectivity index (χ1) is 11.6. The van der Waals surface area contributed by atoms with Crippen LogP contribution in [-0.2, 0) is 14.3 Å². The van der Waals surface area contributed by atoms with Crippen LogP contribution >= 0.6 is 0 Å². The van der Waals surface area contributed by atoms with Crippen LogP contribution in [-0.4, -0.2) is 43.5 Å². The van der Waals surface area contributed by atoms with Gasteiger partial charge in [-0.05, 0) is 37.5 Å². The van der Waals surface area contributed by atoms with Gasteiger partial charge in [0.05, 0.1) is 16.9 Å². The minimum Gasteiger partial charge on any atom is -0.452 e. The van der Waals surface area contributed by atoms with E-state index < -0.39 is 5.97 Å². The molecule has 1 atom stereocenters. The summed E-state index contributed by atoms with van der Waals surface area (Å²) in [4.78, 5) is 37.8. The number of esters is 1. The molecule has 1 fully saturated rings. The number of hydrogen-bond acceptors (Lipinski definition) is 5. The molecule has 0 bridgehead atoms. The predicted octanol–water partition coefficient (Wildman–Crippen LogP) is 1.29. The Morgan fingerprint density at radius 3 is 3.04 bits per heavy atom. The molecule has 128 valence electrons. The van der Waals surface area contributed by atoms with Gasteiger partial charge in [0, 0.05) is 13.1 Å². The molecular formula is C17H21N3O4. The molecule has 1 aromatic rings. The van der Waals surface area contributed by atoms with E-state index in [-0.39, 0.29) is 24.5 Å². The van der Waals surface area contributed by atoms with E-state index in [1.54, 1.807) is 12.1 Å². The number of rotatable bonds is 5. The number of fused-ring (bicyclic) bond motifs is 3. The highest BCUT2D eigenvalue weighted by atomic mass is 16.5. The highest BCUT2D eigenvalue weighted by Gasteiger charge is 2.36. The number of carbonyl (C=O) groups is 3. The van der Waals surface area contributed by atoms with Crippen LogP contribution in [0.2, 0.25) is 0 Å². The van der Waals surface area contributed by atoms with E-state index in [0.717, 1.165) is 31.5 Å². The van der Waals surface area contributed by atoms with Gasteiger partial charge in [-0.25, -0.2) is 4.79 Å². The van der Waals surface area contributed by atoms with Gasteiger partial charge < -0.3 is 20.3 Å². The average molecular weight is 331 g/mol. The standard InChI is InChI=1S/C17H21N3O4/c1-2-7-18-15(21)10-24-17(23)11-5-6-13-12(9-11)19-16(22)14-4-3-8-20(13)14/h5-6,9,14H,2-4,7-8,10H2,1H3,(H,18,21)(H,19,22)/t14-/m1/s1. The summed E-state index contributed by atoms with van der Waals surface area (Å²) in [5, 5.41) is 5.49. The van der Waals surface area contributed by atoms with Crippen LogP contribution in [0.4, 0.5) is 11.4 Å². The average Bonchev–Trinajstić information content (AvgIpc) is 3.08. The first kappa shape index (κ1) is 16.3. The lowest BCUT2D eigenvalue weighted by Gasteiger charge is -2.33. The molecule has 0 aliphatic carbocycles. The molecule has 2 aliphatic rings. The fourth-order valence-electron chi connectivity index (χ4n) is 3.09. The van der Waals surface area contributed by atoms with Crippen LogP contribution in [0.15, 0.2) is 18.2 Å². The van der Waals surface area contributed by atoms with Crippen LogP contribution in [0.3, 0.4) is 0 Å². The number of hydrogen-bond donors (Lipinski definition) is 2. The van der Waals surface area contributed by atoms with Crippen LogP contribution in [0.1, 0.15) is 36.5 Å². The second-order valence-electron chi connectivity index (χ2n) is 6.00. The van der Waals surface area contributed by atoms with Crippen LogP contribution in [0.25, 0.3) is 0 Å². The van der Waals surface area contributed by atoms with Crippen molar-refractivity contribution < 1.29 is 19.1 Å². The van der Waals surface area contributed by atoms with E-state index in [1.807, 2.05) is 13.0 Å². The largest absolute Gasteiger partial charge is 0.452 e. The van der Waals surface area contributed by atoms with Crippen molar-refractivity contribution in [2.45, 2.75) is 32.2 Å². The van der Waals surface area contributed by atoms with Crippen molar-refractivity contribution in [3.63, 3.8) is 0 Å². The molecule has 1 aromatic carbocycles. The first-order valence-corrected chi connectivity index (χ1v) is 8.25. The van der Waals surface area contributed by atoms with Gasteiger partial charge in [-0.1, -0.05) is 6.92 Å². The number of ether oxygens (including phenoxy) is 1. The van der Waals surface area contributed by atoms with E-state index in [0.29, 0.717) is 17.8 Å². The van der Waals surface area contributed by atoms with Crippen LogP contribution in [0, 0.1) is 0 Å². The third-order valence-corrected chi connectivity index (χ3v) is 4.26. The molecule has 7 nitrogen and oxygen atoms in total. The molecule has 0 radical (unpaired) electrons. The van der Waals surface area contributed by atoms with Crippen molar-refractivity contribution in [2.75, 3.05) is 29.9 Å². The van der Waals surface area contributed by atoms with Gasteiger partial charge in [-0.3, -0.25) is 9.59 Å². The lowest BCUT2D eigenvalue weighted by atomic mass is 10.1. The van der Waals surface area contributed by atoms with Crippen LogP contribution < -0.4 is 15.5 Å². The smallest absolute Gasteiger partial charge is 0.338 e. The van der Waals surface area contributed by atoms with E-state index in [1.165, 1.54) is 0 Å². The number of nitrogens with zero attached hydrogens (tertiary/aromatic N) is 1. The first-order valence-electron chi connectivity index (χ1n) is 8.25. The van der Waals surface area contributed by atoms with Gasteiger partial charge in [-0.2, -0.15) is 0 Å². The zero-order valence-corrected chi connectivity index (χ0v) is 13.6. The SMILES string of the molecule is CCCNC(=O)COC(=O)c1ccc2c(c1)NC(=O)[C@H]1CCCN21. The molecule has 0 unspecified atom stereocenters. The monoisotopic (exact) mass is 331 g/mol. The normalized spacial score (nSPS) is 18.5. The summed E-state index contributed by atoms with van der Waals surface area (Å²) in [6, 6.07) is 4.98. The van der Waals surface area contributed by atoms with E-state index in [9.17, 15) is 14.4 Å². The Morgan fingerprint density at radius 1 is 1.42 bits per heavy atom. The summed E-state index contributed by atoms with van der Waals surface area (Å²) in [6.45, 7) is 3.03. The molecule has 2 aliphatic heterocycles. The Labute approximate surface area is 140 Å². The molecular weight excluding hydrogens is 310 g/mol. The Morgan fingerprint density at radius 2 is 2.25 bits per heavy atom. The maximum atomic E-state index is 12.1. The maximum Gasteiger partial charge on any atom is 0.338 e. The quantitative estimate of drug-likeness (QED) is 0.794. The number of nitrogens with one attached hydrogen (secondary N) is 2. The maximum absolute atomic E-state index is 12.1. The van der Waals surface area contributed by atoms with Crippen molar-refractivity contribution >= 4 is 29.2 Å². The highest BCUT2D eigenvalue weighted by Crippen LogP contribution is 2.37. The van der Waals surface area contributed by atoms with Gasteiger partial charge in [0.1, 0.15) is 6.04 Å². The number of carbonyl (C=O) groups excluding carboxylic acids is 3. The van der Waals surface area contributed by atoms with E-state index >= 15 is 0 Å². The predicted molar refractivity (Wildman–Crippen MR) is 89.0 cm³/mol. The molecule has 0 saturated carbocycles. The Bertz CT molecular complexity index is 674. The topological polar surface area (TPSA) is 87.7 Å². The number of benzene rings is 1. The Balaban J connectivity index is 1.68. The zero-order chi connectivity index (χ0) is 17.1. The van der Waals surface area contributed by atoms with Gasteiger partial charge >= 0.3 is 5.97 Å². The Hall–Kier alpha value is -2.57. The molecule has 2 heterocycles. The second-order valence-corrected chi connectivity index (χ2v) is 6.00. The van der Waals surface area contributed by atoms with Gasteiger partial charge in [-0.15, -0.1) is 0 Å². The molecule has 7 heteroatoms. The molecule has 2 amide bonds. The van der Waals surface area contributed by atoms with Crippen molar-refractivity contribution in [1.82, 2.24) is 5.32 Å². The summed E-state index contributed by atoms with van der Waals surface area (Å²) in [5.74, 6) is -0.942. The summed E-state index contributed by atoms with van der Waals surface area (Å²) < 4.78 is 5.01. The summed E-state index contributed by atoms with van der Waals surface area (Å²) in [7, 11) is 0. The number of anilines is 2. The van der Waals surface area contributed by atoms with Crippen molar-refractivity contribution in [3.8, 4) is 0 Å². The lowest BCUT2D eigenvalue weighted by molar-refractivity contribution is -0.124. The van der Waals surface area contributed by atoms with Crippen LogP contribution in [0.5, 0.6) is 0 Å². The molecule has 24 heavy (non-hydrogen) atoms. The minimum absolute atomic E-state index is 0.0375. The molecule has 0 aromatic heterocycles.